The molecule has 0 saturated carbocycles. The van der Waals surface area contributed by atoms with Crippen molar-refractivity contribution in [3.8, 4) is 0 Å². The van der Waals surface area contributed by atoms with E-state index in [9.17, 15) is 4.79 Å². The molecule has 2 heteroatoms. The van der Waals surface area contributed by atoms with E-state index in [1.165, 1.54) is 0 Å². The summed E-state index contributed by atoms with van der Waals surface area (Å²) in [5.74, 6) is 1.12. The fourth-order valence-corrected chi connectivity index (χ4v) is 1.33. The van der Waals surface area contributed by atoms with Gasteiger partial charge in [0.15, 0.2) is 0 Å². The zero-order valence-electron chi connectivity index (χ0n) is 5.54. The quantitative estimate of drug-likeness (QED) is 0.470. The maximum Gasteiger partial charge on any atom is 0.311 e. The van der Waals surface area contributed by atoms with Gasteiger partial charge in [0.1, 0.15) is 5.76 Å². The predicted molar refractivity (Wildman–Crippen MR) is 36.0 cm³/mol. The number of fused-ring (bicyclic) bond motifs is 1. The molecule has 2 rings (SSSR count). The van der Waals surface area contributed by atoms with Crippen molar-refractivity contribution in [1.29, 1.82) is 0 Å². The molecule has 0 amide bonds. The Balaban J connectivity index is 2.26. The molecule has 2 aliphatic rings. The van der Waals surface area contributed by atoms with Crippen LogP contribution in [0.4, 0.5) is 0 Å². The van der Waals surface area contributed by atoms with Gasteiger partial charge >= 0.3 is 5.97 Å². The molecule has 2 nitrogen and oxygen atoms in total. The summed E-state index contributed by atoms with van der Waals surface area (Å²) in [5.41, 5.74) is 0. The summed E-state index contributed by atoms with van der Waals surface area (Å²) in [6, 6.07) is 0. The van der Waals surface area contributed by atoms with E-state index in [1.807, 2.05) is 12.2 Å². The maximum absolute atomic E-state index is 10.7. The second-order valence-electron chi connectivity index (χ2n) is 2.61. The molecule has 0 aromatic rings. The molecule has 1 saturated heterocycles. The zero-order chi connectivity index (χ0) is 6.97. The molecular weight excluding hydrogens is 128 g/mol. The van der Waals surface area contributed by atoms with Crippen LogP contribution in [0, 0.1) is 5.92 Å². The first-order valence-corrected chi connectivity index (χ1v) is 3.43. The topological polar surface area (TPSA) is 26.3 Å². The summed E-state index contributed by atoms with van der Waals surface area (Å²) >= 11 is 0. The second kappa shape index (κ2) is 1.97. The van der Waals surface area contributed by atoms with Gasteiger partial charge in [-0.2, -0.15) is 0 Å². The number of ether oxygens (including phenoxy) is 1. The molecule has 0 aromatic heterocycles. The van der Waals surface area contributed by atoms with Crippen LogP contribution in [0.15, 0.2) is 24.0 Å². The molecule has 0 radical (unpaired) electrons. The first-order chi connectivity index (χ1) is 4.86. The molecule has 1 fully saturated rings. The summed E-state index contributed by atoms with van der Waals surface area (Å²) in [6.45, 7) is 0. The normalized spacial score (nSPS) is 29.4. The Hall–Kier alpha value is -1.05. The Bertz CT molecular complexity index is 225. The molecule has 0 N–H and O–H groups in total. The highest BCUT2D eigenvalue weighted by atomic mass is 16.5. The number of carbonyl (C=O) groups excluding carboxylic acids is 1. The first kappa shape index (κ1) is 5.71. The first-order valence-electron chi connectivity index (χ1n) is 3.43. The average molecular weight is 136 g/mol. The van der Waals surface area contributed by atoms with E-state index in [-0.39, 0.29) is 5.97 Å². The lowest BCUT2D eigenvalue weighted by Crippen LogP contribution is -1.97. The minimum Gasteiger partial charge on any atom is -0.431 e. The van der Waals surface area contributed by atoms with Crippen molar-refractivity contribution in [2.45, 2.75) is 12.8 Å². The van der Waals surface area contributed by atoms with Crippen LogP contribution in [0.5, 0.6) is 0 Å². The number of allylic oxidation sites excluding steroid dienone is 4. The lowest BCUT2D eigenvalue weighted by Gasteiger charge is -2.07. The molecule has 0 bridgehead atoms. The molecule has 1 aliphatic carbocycles. The van der Waals surface area contributed by atoms with E-state index in [1.54, 1.807) is 0 Å². The van der Waals surface area contributed by atoms with Gasteiger partial charge in [0, 0.05) is 5.92 Å². The zero-order valence-corrected chi connectivity index (χ0v) is 5.54. The minimum atomic E-state index is -0.0834. The van der Waals surface area contributed by atoms with E-state index >= 15 is 0 Å². The molecule has 1 atom stereocenters. The Kier molecular flexibility index (Phi) is 1.13. The minimum absolute atomic E-state index is 0.0834. The highest BCUT2D eigenvalue weighted by Gasteiger charge is 2.29. The molecule has 1 heterocycles. The molecular formula is C8H8O2. The third-order valence-corrected chi connectivity index (χ3v) is 1.86. The fourth-order valence-electron chi connectivity index (χ4n) is 1.33. The molecule has 1 unspecified atom stereocenters. The summed E-state index contributed by atoms with van der Waals surface area (Å²) < 4.78 is 4.94. The van der Waals surface area contributed by atoms with Crippen LogP contribution in [0.2, 0.25) is 0 Å². The predicted octanol–water partition coefficient (Wildman–Crippen LogP) is 1.39. The summed E-state index contributed by atoms with van der Waals surface area (Å²) in [6.07, 6.45) is 7.40. The van der Waals surface area contributed by atoms with Crippen LogP contribution < -0.4 is 0 Å². The van der Waals surface area contributed by atoms with Crippen LogP contribution in [-0.4, -0.2) is 5.97 Å². The van der Waals surface area contributed by atoms with Gasteiger partial charge in [0.2, 0.25) is 0 Å². The molecule has 0 aromatic carbocycles. The fraction of sp³-hybridized carbons (Fsp3) is 0.375. The van der Waals surface area contributed by atoms with Gasteiger partial charge in [-0.3, -0.25) is 4.79 Å². The van der Waals surface area contributed by atoms with Crippen LogP contribution in [-0.2, 0) is 9.53 Å². The van der Waals surface area contributed by atoms with E-state index in [4.69, 9.17) is 4.74 Å². The van der Waals surface area contributed by atoms with Crippen LogP contribution >= 0.6 is 0 Å². The molecule has 1 aliphatic heterocycles. The van der Waals surface area contributed by atoms with E-state index in [2.05, 4.69) is 6.08 Å². The summed E-state index contributed by atoms with van der Waals surface area (Å²) in [4.78, 5) is 10.7. The Morgan fingerprint density at radius 1 is 1.60 bits per heavy atom. The van der Waals surface area contributed by atoms with Crippen molar-refractivity contribution in [2.24, 2.45) is 5.92 Å². The third-order valence-electron chi connectivity index (χ3n) is 1.86. The van der Waals surface area contributed by atoms with E-state index in [0.29, 0.717) is 12.3 Å². The second-order valence-corrected chi connectivity index (χ2v) is 2.61. The van der Waals surface area contributed by atoms with Gasteiger partial charge in [-0.1, -0.05) is 12.2 Å². The highest BCUT2D eigenvalue weighted by molar-refractivity contribution is 5.74. The third kappa shape index (κ3) is 0.764. The van der Waals surface area contributed by atoms with Gasteiger partial charge in [0.05, 0.1) is 6.42 Å². The Labute approximate surface area is 59.2 Å². The van der Waals surface area contributed by atoms with Gasteiger partial charge in [-0.05, 0) is 12.5 Å². The van der Waals surface area contributed by atoms with E-state index < -0.39 is 0 Å². The molecule has 52 valence electrons. The van der Waals surface area contributed by atoms with Gasteiger partial charge in [-0.25, -0.2) is 0 Å². The lowest BCUT2D eigenvalue weighted by atomic mass is 9.98. The van der Waals surface area contributed by atoms with Crippen molar-refractivity contribution < 1.29 is 9.53 Å². The molecule has 10 heavy (non-hydrogen) atoms. The van der Waals surface area contributed by atoms with Crippen molar-refractivity contribution in [2.75, 3.05) is 0 Å². The van der Waals surface area contributed by atoms with Crippen LogP contribution in [0.3, 0.4) is 0 Å². The largest absolute Gasteiger partial charge is 0.431 e. The van der Waals surface area contributed by atoms with Crippen molar-refractivity contribution in [3.63, 3.8) is 0 Å². The van der Waals surface area contributed by atoms with Gasteiger partial charge < -0.3 is 4.74 Å². The van der Waals surface area contributed by atoms with Gasteiger partial charge in [-0.15, -0.1) is 0 Å². The van der Waals surface area contributed by atoms with E-state index in [0.717, 1.165) is 12.2 Å². The van der Waals surface area contributed by atoms with Crippen LogP contribution in [0.1, 0.15) is 12.8 Å². The number of hydrogen-bond donors (Lipinski definition) is 0. The maximum atomic E-state index is 10.7. The van der Waals surface area contributed by atoms with Gasteiger partial charge in [0.25, 0.3) is 0 Å². The number of carbonyl (C=O) groups is 1. The van der Waals surface area contributed by atoms with Crippen molar-refractivity contribution >= 4 is 5.97 Å². The van der Waals surface area contributed by atoms with Crippen molar-refractivity contribution in [1.82, 2.24) is 0 Å². The lowest BCUT2D eigenvalue weighted by molar-refractivity contribution is -0.135. The number of rotatable bonds is 0. The smallest absolute Gasteiger partial charge is 0.311 e. The van der Waals surface area contributed by atoms with Crippen LogP contribution in [0.25, 0.3) is 0 Å². The highest BCUT2D eigenvalue weighted by Crippen LogP contribution is 2.31. The summed E-state index contributed by atoms with van der Waals surface area (Å²) in [7, 11) is 0. The Morgan fingerprint density at radius 2 is 2.50 bits per heavy atom. The average Bonchev–Trinajstić information content (AvgIpc) is 2.27. The number of hydrogen-bond acceptors (Lipinski definition) is 2. The monoisotopic (exact) mass is 136 g/mol. The number of esters is 1. The molecule has 0 spiro atoms. The SMILES string of the molecule is O=C1CC2CC=CC=C2O1. The standard InChI is InChI=1S/C8H8O2/c9-8-5-6-3-1-2-4-7(6)10-8/h1-2,4,6H,3,5H2. The Morgan fingerprint density at radius 3 is 3.30 bits per heavy atom. The summed E-state index contributed by atoms with van der Waals surface area (Å²) in [5, 5.41) is 0. The van der Waals surface area contributed by atoms with Crippen molar-refractivity contribution in [3.05, 3.63) is 24.0 Å².